The first kappa shape index (κ1) is 12.0. The van der Waals surface area contributed by atoms with Gasteiger partial charge in [-0.15, -0.1) is 0 Å². The van der Waals surface area contributed by atoms with Crippen molar-refractivity contribution in [1.29, 1.82) is 0 Å². The normalized spacial score (nSPS) is 10.1. The van der Waals surface area contributed by atoms with Gasteiger partial charge in [0.15, 0.2) is 15.2 Å². The number of aromatic nitrogens is 1. The van der Waals surface area contributed by atoms with Crippen molar-refractivity contribution >= 4 is 34.0 Å². The van der Waals surface area contributed by atoms with Crippen molar-refractivity contribution < 1.29 is 9.90 Å². The number of nitrogens with zero attached hydrogens (tertiary/aromatic N) is 2. The summed E-state index contributed by atoms with van der Waals surface area (Å²) in [7, 11) is 1.81. The number of likely N-dealkylation sites (N-methyl/N-ethyl adjacent to an activating group) is 1. The fourth-order valence-electron chi connectivity index (χ4n) is 1.06. The van der Waals surface area contributed by atoms with Gasteiger partial charge in [-0.1, -0.05) is 35.1 Å². The summed E-state index contributed by atoms with van der Waals surface area (Å²) in [5.41, 5.74) is 0.973. The van der Waals surface area contributed by atoms with Gasteiger partial charge < -0.3 is 10.0 Å². The number of anilines is 1. The van der Waals surface area contributed by atoms with Crippen LogP contribution in [0, 0.1) is 0 Å². The first-order valence-electron chi connectivity index (χ1n) is 4.17. The highest BCUT2D eigenvalue weighted by Gasteiger charge is 2.17. The zero-order valence-electron chi connectivity index (χ0n) is 8.45. The van der Waals surface area contributed by atoms with Gasteiger partial charge in [-0.25, -0.2) is 9.78 Å². The van der Waals surface area contributed by atoms with Crippen LogP contribution in [0.2, 0.25) is 5.15 Å². The van der Waals surface area contributed by atoms with Gasteiger partial charge in [0.1, 0.15) is 0 Å². The molecule has 0 aliphatic carbocycles. The number of halogens is 1. The van der Waals surface area contributed by atoms with Crippen molar-refractivity contribution in [2.75, 3.05) is 18.5 Å². The van der Waals surface area contributed by atoms with E-state index in [9.17, 15) is 4.79 Å². The third-order valence-electron chi connectivity index (χ3n) is 1.60. The van der Waals surface area contributed by atoms with Crippen LogP contribution in [0.25, 0.3) is 0 Å². The van der Waals surface area contributed by atoms with Gasteiger partial charge in [-0.2, -0.15) is 0 Å². The first-order valence-corrected chi connectivity index (χ1v) is 5.36. The number of carboxylic acids is 1. The third kappa shape index (κ3) is 2.94. The van der Waals surface area contributed by atoms with Gasteiger partial charge in [-0.3, -0.25) is 0 Å². The molecule has 0 aromatic carbocycles. The quantitative estimate of drug-likeness (QED) is 0.830. The molecule has 0 aliphatic heterocycles. The Morgan fingerprint density at radius 2 is 2.33 bits per heavy atom. The summed E-state index contributed by atoms with van der Waals surface area (Å²) in [6.45, 7) is 6.29. The Labute approximate surface area is 96.8 Å². The van der Waals surface area contributed by atoms with Crippen LogP contribution >= 0.6 is 22.9 Å². The van der Waals surface area contributed by atoms with E-state index in [1.807, 2.05) is 18.9 Å². The van der Waals surface area contributed by atoms with Crippen molar-refractivity contribution in [2.45, 2.75) is 6.92 Å². The van der Waals surface area contributed by atoms with Crippen LogP contribution in [-0.2, 0) is 0 Å². The van der Waals surface area contributed by atoms with Crippen LogP contribution < -0.4 is 4.90 Å². The molecule has 0 saturated heterocycles. The zero-order valence-corrected chi connectivity index (χ0v) is 10.0. The minimum atomic E-state index is -1.05. The van der Waals surface area contributed by atoms with Crippen LogP contribution in [0.4, 0.5) is 5.13 Å². The largest absolute Gasteiger partial charge is 0.477 e. The lowest BCUT2D eigenvalue weighted by atomic mass is 10.3. The first-order chi connectivity index (χ1) is 6.91. The number of hydrogen-bond donors (Lipinski definition) is 1. The second-order valence-electron chi connectivity index (χ2n) is 3.23. The van der Waals surface area contributed by atoms with Crippen LogP contribution in [0.5, 0.6) is 0 Å². The molecule has 0 saturated carbocycles. The molecule has 0 atom stereocenters. The molecule has 1 aromatic heterocycles. The summed E-state index contributed by atoms with van der Waals surface area (Å²) in [5, 5.41) is 9.41. The number of carboxylic acid groups (broad SMARTS) is 1. The fourth-order valence-corrected chi connectivity index (χ4v) is 2.14. The Kier molecular flexibility index (Phi) is 3.71. The highest BCUT2D eigenvalue weighted by atomic mass is 35.5. The van der Waals surface area contributed by atoms with Crippen molar-refractivity contribution in [1.82, 2.24) is 4.98 Å². The lowest BCUT2D eigenvalue weighted by Crippen LogP contribution is -2.18. The molecule has 15 heavy (non-hydrogen) atoms. The van der Waals surface area contributed by atoms with Gasteiger partial charge in [0.05, 0.1) is 0 Å². The van der Waals surface area contributed by atoms with E-state index in [2.05, 4.69) is 11.6 Å². The molecule has 0 bridgehead atoms. The van der Waals surface area contributed by atoms with Gasteiger partial charge in [0.2, 0.25) is 0 Å². The highest BCUT2D eigenvalue weighted by molar-refractivity contribution is 7.18. The summed E-state index contributed by atoms with van der Waals surface area (Å²) >= 11 is 6.75. The van der Waals surface area contributed by atoms with Crippen molar-refractivity contribution in [3.05, 3.63) is 22.2 Å². The number of rotatable bonds is 4. The Morgan fingerprint density at radius 1 is 1.73 bits per heavy atom. The minimum absolute atomic E-state index is 0.0380. The molecule has 1 rings (SSSR count). The maximum atomic E-state index is 10.7. The Morgan fingerprint density at radius 3 is 2.73 bits per heavy atom. The van der Waals surface area contributed by atoms with Crippen LogP contribution in [0.3, 0.4) is 0 Å². The molecule has 4 nitrogen and oxygen atoms in total. The maximum Gasteiger partial charge on any atom is 0.349 e. The molecule has 0 aliphatic rings. The van der Waals surface area contributed by atoms with Crippen molar-refractivity contribution in [3.63, 3.8) is 0 Å². The van der Waals surface area contributed by atoms with E-state index in [4.69, 9.17) is 16.7 Å². The lowest BCUT2D eigenvalue weighted by molar-refractivity contribution is 0.0702. The van der Waals surface area contributed by atoms with E-state index < -0.39 is 5.97 Å². The van der Waals surface area contributed by atoms with E-state index in [0.29, 0.717) is 11.7 Å². The number of hydrogen-bond acceptors (Lipinski definition) is 4. The molecule has 1 N–H and O–H groups in total. The van der Waals surface area contributed by atoms with Crippen LogP contribution in [0.15, 0.2) is 12.2 Å². The summed E-state index contributed by atoms with van der Waals surface area (Å²) in [4.78, 5) is 16.6. The average molecular weight is 247 g/mol. The summed E-state index contributed by atoms with van der Waals surface area (Å²) in [6, 6.07) is 0. The molecule has 0 spiro atoms. The summed E-state index contributed by atoms with van der Waals surface area (Å²) < 4.78 is 0. The molecule has 6 heteroatoms. The topological polar surface area (TPSA) is 53.4 Å². The molecule has 1 aromatic rings. The second-order valence-corrected chi connectivity index (χ2v) is 4.57. The second kappa shape index (κ2) is 4.63. The zero-order chi connectivity index (χ0) is 11.6. The van der Waals surface area contributed by atoms with Gasteiger partial charge in [0.25, 0.3) is 0 Å². The van der Waals surface area contributed by atoms with Gasteiger partial charge >= 0.3 is 5.97 Å². The number of carbonyl (C=O) groups is 1. The molecule has 0 amide bonds. The van der Waals surface area contributed by atoms with Gasteiger partial charge in [0, 0.05) is 13.6 Å². The molecular weight excluding hydrogens is 236 g/mol. The standard InChI is InChI=1S/C9H11ClN2O2S/c1-5(2)4-12(3)9-11-7(10)6(15-9)8(13)14/h1,4H2,2-3H3,(H,13,14). The Hall–Kier alpha value is -1.07. The van der Waals surface area contributed by atoms with Crippen LogP contribution in [0.1, 0.15) is 16.6 Å². The average Bonchev–Trinajstić information content (AvgIpc) is 2.46. The monoisotopic (exact) mass is 246 g/mol. The Balaban J connectivity index is 2.91. The van der Waals surface area contributed by atoms with Crippen molar-refractivity contribution in [3.8, 4) is 0 Å². The Bertz CT molecular complexity index is 403. The van der Waals surface area contributed by atoms with E-state index in [1.165, 1.54) is 0 Å². The van der Waals surface area contributed by atoms with E-state index in [-0.39, 0.29) is 10.0 Å². The summed E-state index contributed by atoms with van der Waals surface area (Å²) in [5.74, 6) is -1.05. The third-order valence-corrected chi connectivity index (χ3v) is 3.15. The molecule has 1 heterocycles. The highest BCUT2D eigenvalue weighted by Crippen LogP contribution is 2.29. The lowest BCUT2D eigenvalue weighted by Gasteiger charge is -2.14. The molecule has 0 fully saturated rings. The fraction of sp³-hybridized carbons (Fsp3) is 0.333. The molecule has 0 radical (unpaired) electrons. The van der Waals surface area contributed by atoms with Gasteiger partial charge in [-0.05, 0) is 6.92 Å². The minimum Gasteiger partial charge on any atom is -0.477 e. The van der Waals surface area contributed by atoms with E-state index >= 15 is 0 Å². The predicted octanol–water partition coefficient (Wildman–Crippen LogP) is 2.51. The summed E-state index contributed by atoms with van der Waals surface area (Å²) in [6.07, 6.45) is 0. The van der Waals surface area contributed by atoms with E-state index in [0.717, 1.165) is 16.9 Å². The van der Waals surface area contributed by atoms with Crippen LogP contribution in [-0.4, -0.2) is 29.7 Å². The molecular formula is C9H11ClN2O2S. The number of thiazole rings is 1. The SMILES string of the molecule is C=C(C)CN(C)c1nc(Cl)c(C(=O)O)s1. The predicted molar refractivity (Wildman–Crippen MR) is 62.2 cm³/mol. The molecule has 82 valence electrons. The smallest absolute Gasteiger partial charge is 0.349 e. The maximum absolute atomic E-state index is 10.7. The molecule has 0 unspecified atom stereocenters. The van der Waals surface area contributed by atoms with Crippen molar-refractivity contribution in [2.24, 2.45) is 0 Å². The number of aromatic carboxylic acids is 1. The van der Waals surface area contributed by atoms with E-state index in [1.54, 1.807) is 0 Å².